The maximum absolute atomic E-state index is 9.35. The first kappa shape index (κ1) is 14.9. The van der Waals surface area contributed by atoms with Gasteiger partial charge < -0.3 is 20.1 Å². The maximum atomic E-state index is 9.35. The molecule has 0 bridgehead atoms. The fourth-order valence-corrected chi connectivity index (χ4v) is 2.30. The highest BCUT2D eigenvalue weighted by atomic mass is 16.5. The highest BCUT2D eigenvalue weighted by Crippen LogP contribution is 2.20. The number of ether oxygens (including phenoxy) is 1. The molecule has 1 rings (SSSR count). The third-order valence-electron chi connectivity index (χ3n) is 4.21. The van der Waals surface area contributed by atoms with Crippen LogP contribution in [0.3, 0.4) is 0 Å². The van der Waals surface area contributed by atoms with Crippen LogP contribution in [0.2, 0.25) is 0 Å². The van der Waals surface area contributed by atoms with Crippen molar-refractivity contribution in [3.05, 3.63) is 0 Å². The van der Waals surface area contributed by atoms with Crippen LogP contribution in [0, 0.1) is 5.92 Å². The molecule has 1 heterocycles. The molecule has 1 fully saturated rings. The van der Waals surface area contributed by atoms with E-state index in [1.807, 2.05) is 7.05 Å². The van der Waals surface area contributed by atoms with Gasteiger partial charge in [-0.2, -0.15) is 0 Å². The fraction of sp³-hybridized carbons (Fsp3) is 1.00. The summed E-state index contributed by atoms with van der Waals surface area (Å²) in [6.07, 6.45) is 2.53. The van der Waals surface area contributed by atoms with Crippen LogP contribution in [-0.4, -0.2) is 62.0 Å². The minimum atomic E-state index is -0.161. The molecule has 0 aromatic rings. The normalized spacial score (nSPS) is 30.2. The second-order valence-corrected chi connectivity index (χ2v) is 5.56. The number of aliphatic hydroxyl groups is 1. The molecule has 2 N–H and O–H groups in total. The summed E-state index contributed by atoms with van der Waals surface area (Å²) in [7, 11) is 3.71. The van der Waals surface area contributed by atoms with Gasteiger partial charge in [0.15, 0.2) is 0 Å². The van der Waals surface area contributed by atoms with Crippen LogP contribution in [0.4, 0.5) is 0 Å². The Morgan fingerprint density at radius 3 is 2.76 bits per heavy atom. The van der Waals surface area contributed by atoms with Crippen LogP contribution in [0.25, 0.3) is 0 Å². The quantitative estimate of drug-likeness (QED) is 0.722. The van der Waals surface area contributed by atoms with Crippen molar-refractivity contribution < 1.29 is 9.84 Å². The summed E-state index contributed by atoms with van der Waals surface area (Å²) < 4.78 is 5.51. The van der Waals surface area contributed by atoms with Crippen LogP contribution in [0.15, 0.2) is 0 Å². The van der Waals surface area contributed by atoms with Gasteiger partial charge in [-0.15, -0.1) is 0 Å². The van der Waals surface area contributed by atoms with Crippen molar-refractivity contribution >= 4 is 0 Å². The van der Waals surface area contributed by atoms with Gasteiger partial charge in [0.25, 0.3) is 0 Å². The Kier molecular flexibility index (Phi) is 5.86. The highest BCUT2D eigenvalue weighted by Gasteiger charge is 2.28. The molecule has 3 atom stereocenters. The van der Waals surface area contributed by atoms with E-state index >= 15 is 0 Å². The van der Waals surface area contributed by atoms with Crippen molar-refractivity contribution in [1.82, 2.24) is 10.2 Å². The lowest BCUT2D eigenvalue weighted by Gasteiger charge is -2.38. The first-order valence-electron chi connectivity index (χ1n) is 6.59. The Morgan fingerprint density at radius 1 is 1.53 bits per heavy atom. The third kappa shape index (κ3) is 4.21. The monoisotopic (exact) mass is 244 g/mol. The molecule has 0 radical (unpaired) electrons. The number of rotatable bonds is 6. The van der Waals surface area contributed by atoms with E-state index in [-0.39, 0.29) is 12.1 Å². The van der Waals surface area contributed by atoms with Gasteiger partial charge in [-0.3, -0.25) is 0 Å². The predicted molar refractivity (Wildman–Crippen MR) is 70.2 cm³/mol. The summed E-state index contributed by atoms with van der Waals surface area (Å²) >= 11 is 0. The molecule has 3 unspecified atom stereocenters. The number of likely N-dealkylation sites (N-methyl/N-ethyl adjacent to an activating group) is 1. The first-order chi connectivity index (χ1) is 8.04. The molecule has 0 aromatic heterocycles. The summed E-state index contributed by atoms with van der Waals surface area (Å²) in [5.41, 5.74) is -0.161. The van der Waals surface area contributed by atoms with E-state index in [0.29, 0.717) is 12.0 Å². The molecular weight excluding hydrogens is 216 g/mol. The Balaban J connectivity index is 2.37. The Hall–Kier alpha value is -0.160. The number of nitrogens with zero attached hydrogens (tertiary/aromatic N) is 1. The van der Waals surface area contributed by atoms with Crippen molar-refractivity contribution in [3.8, 4) is 0 Å². The molecule has 0 amide bonds. The van der Waals surface area contributed by atoms with E-state index in [9.17, 15) is 5.11 Å². The van der Waals surface area contributed by atoms with Gasteiger partial charge >= 0.3 is 0 Å². The lowest BCUT2D eigenvalue weighted by atomic mass is 9.94. The minimum absolute atomic E-state index is 0.161. The van der Waals surface area contributed by atoms with Crippen molar-refractivity contribution in [3.63, 3.8) is 0 Å². The molecule has 0 saturated carbocycles. The number of hydrogen-bond acceptors (Lipinski definition) is 4. The Morgan fingerprint density at radius 2 is 2.24 bits per heavy atom. The number of methoxy groups -OCH3 is 1. The number of aliphatic hydroxyl groups excluding tert-OH is 1. The summed E-state index contributed by atoms with van der Waals surface area (Å²) in [6, 6.07) is 0. The standard InChI is InChI=1S/C13H28N2O2/c1-11-5-7-15(9-12(11)17-4)8-6-13(2,10-16)14-3/h11-12,14,16H,5-10H2,1-4H3. The smallest absolute Gasteiger partial charge is 0.0724 e. The molecular formula is C13H28N2O2. The maximum Gasteiger partial charge on any atom is 0.0724 e. The lowest BCUT2D eigenvalue weighted by molar-refractivity contribution is -0.00796. The molecule has 0 aromatic carbocycles. The highest BCUT2D eigenvalue weighted by molar-refractivity contribution is 4.84. The Labute approximate surface area is 105 Å². The third-order valence-corrected chi connectivity index (χ3v) is 4.21. The fourth-order valence-electron chi connectivity index (χ4n) is 2.30. The van der Waals surface area contributed by atoms with Crippen LogP contribution < -0.4 is 5.32 Å². The Bertz CT molecular complexity index is 219. The zero-order valence-corrected chi connectivity index (χ0v) is 11.7. The van der Waals surface area contributed by atoms with Gasteiger partial charge in [0.1, 0.15) is 0 Å². The lowest BCUT2D eigenvalue weighted by Crippen LogP contribution is -2.49. The van der Waals surface area contributed by atoms with Gasteiger partial charge in [-0.1, -0.05) is 6.92 Å². The topological polar surface area (TPSA) is 44.7 Å². The average Bonchev–Trinajstić information content (AvgIpc) is 2.37. The molecule has 4 heteroatoms. The van der Waals surface area contributed by atoms with E-state index in [4.69, 9.17) is 4.74 Å². The summed E-state index contributed by atoms with van der Waals surface area (Å²) in [6.45, 7) is 7.69. The van der Waals surface area contributed by atoms with Gasteiger partial charge in [0, 0.05) is 25.7 Å². The number of likely N-dealkylation sites (tertiary alicyclic amines) is 1. The van der Waals surface area contributed by atoms with Crippen LogP contribution in [-0.2, 0) is 4.74 Å². The molecule has 4 nitrogen and oxygen atoms in total. The molecule has 102 valence electrons. The molecule has 17 heavy (non-hydrogen) atoms. The molecule has 0 spiro atoms. The summed E-state index contributed by atoms with van der Waals surface area (Å²) in [5.74, 6) is 0.657. The number of piperidine rings is 1. The summed E-state index contributed by atoms with van der Waals surface area (Å²) in [4.78, 5) is 2.44. The largest absolute Gasteiger partial charge is 0.394 e. The summed E-state index contributed by atoms with van der Waals surface area (Å²) in [5, 5.41) is 12.5. The van der Waals surface area contributed by atoms with E-state index in [1.165, 1.54) is 6.42 Å². The van der Waals surface area contributed by atoms with Gasteiger partial charge in [0.05, 0.1) is 12.7 Å². The van der Waals surface area contributed by atoms with Crippen molar-refractivity contribution in [2.75, 3.05) is 40.4 Å². The van der Waals surface area contributed by atoms with Crippen molar-refractivity contribution in [2.45, 2.75) is 38.3 Å². The van der Waals surface area contributed by atoms with E-state index in [0.717, 1.165) is 26.1 Å². The average molecular weight is 244 g/mol. The molecule has 1 aliphatic rings. The number of nitrogens with one attached hydrogen (secondary N) is 1. The molecule has 1 aliphatic heterocycles. The van der Waals surface area contributed by atoms with Crippen LogP contribution >= 0.6 is 0 Å². The van der Waals surface area contributed by atoms with Crippen molar-refractivity contribution in [1.29, 1.82) is 0 Å². The SMILES string of the molecule is CNC(C)(CO)CCN1CCC(C)C(OC)C1. The molecule has 0 aliphatic carbocycles. The molecule has 1 saturated heterocycles. The van der Waals surface area contributed by atoms with Gasteiger partial charge in [0.2, 0.25) is 0 Å². The minimum Gasteiger partial charge on any atom is -0.394 e. The first-order valence-corrected chi connectivity index (χ1v) is 6.59. The second kappa shape index (κ2) is 6.69. The van der Waals surface area contributed by atoms with Crippen LogP contribution in [0.1, 0.15) is 26.7 Å². The van der Waals surface area contributed by atoms with E-state index in [1.54, 1.807) is 7.11 Å². The van der Waals surface area contributed by atoms with Crippen molar-refractivity contribution in [2.24, 2.45) is 5.92 Å². The van der Waals surface area contributed by atoms with Gasteiger partial charge in [-0.25, -0.2) is 0 Å². The second-order valence-electron chi connectivity index (χ2n) is 5.56. The number of hydrogen-bond donors (Lipinski definition) is 2. The van der Waals surface area contributed by atoms with E-state index < -0.39 is 0 Å². The van der Waals surface area contributed by atoms with E-state index in [2.05, 4.69) is 24.1 Å². The zero-order chi connectivity index (χ0) is 12.9. The van der Waals surface area contributed by atoms with Gasteiger partial charge in [-0.05, 0) is 39.3 Å². The van der Waals surface area contributed by atoms with Crippen LogP contribution in [0.5, 0.6) is 0 Å². The predicted octanol–water partition coefficient (Wildman–Crippen LogP) is 0.704. The zero-order valence-electron chi connectivity index (χ0n) is 11.7.